The topological polar surface area (TPSA) is 59.1 Å². The molecule has 0 radical (unpaired) electrons. The van der Waals surface area contributed by atoms with E-state index in [0.717, 1.165) is 20.9 Å². The lowest BCUT2D eigenvalue weighted by Gasteiger charge is -2.04. The molecule has 2 heterocycles. The largest absolute Gasteiger partial charge is 0.326 e. The first kappa shape index (κ1) is 14.9. The van der Waals surface area contributed by atoms with Crippen LogP contribution in [-0.4, -0.2) is 16.7 Å². The number of benzene rings is 1. The Hall–Kier alpha value is -2.05. The Morgan fingerprint density at radius 2 is 2.09 bits per heavy atom. The predicted molar refractivity (Wildman–Crippen MR) is 90.9 cm³/mol. The van der Waals surface area contributed by atoms with E-state index in [9.17, 15) is 9.59 Å². The molecule has 3 rings (SSSR count). The van der Waals surface area contributed by atoms with Crippen LogP contribution in [0, 0.1) is 6.92 Å². The van der Waals surface area contributed by atoms with E-state index in [0.29, 0.717) is 4.88 Å². The number of fused-ring (bicyclic) bond motifs is 1. The molecule has 0 aliphatic rings. The molecule has 0 fully saturated rings. The van der Waals surface area contributed by atoms with Crippen molar-refractivity contribution in [3.63, 3.8) is 0 Å². The third kappa shape index (κ3) is 3.40. The molecule has 22 heavy (non-hydrogen) atoms. The number of anilines is 1. The number of aryl methyl sites for hydroxylation is 1. The van der Waals surface area contributed by atoms with Gasteiger partial charge in [-0.05, 0) is 36.6 Å². The van der Waals surface area contributed by atoms with E-state index in [1.165, 1.54) is 11.3 Å². The van der Waals surface area contributed by atoms with Crippen molar-refractivity contribution in [1.82, 2.24) is 4.98 Å². The lowest BCUT2D eigenvalue weighted by Crippen LogP contribution is -2.13. The second-order valence-electron chi connectivity index (χ2n) is 4.86. The number of carbonyl (C=O) groups excluding carboxylic acids is 2. The Bertz CT molecular complexity index is 822. The summed E-state index contributed by atoms with van der Waals surface area (Å²) in [4.78, 5) is 28.9. The highest BCUT2D eigenvalue weighted by Crippen LogP contribution is 2.24. The van der Waals surface area contributed by atoms with Gasteiger partial charge in [0.1, 0.15) is 0 Å². The Labute approximate surface area is 135 Å². The number of aromatic nitrogens is 1. The zero-order valence-corrected chi connectivity index (χ0v) is 13.6. The molecule has 0 unspecified atom stereocenters. The molecule has 0 spiro atoms. The van der Waals surface area contributed by atoms with E-state index in [1.54, 1.807) is 17.4 Å². The first-order chi connectivity index (χ1) is 10.6. The van der Waals surface area contributed by atoms with E-state index in [-0.39, 0.29) is 24.5 Å². The second-order valence-corrected chi connectivity index (χ2v) is 7.05. The molecule has 0 bridgehead atoms. The molecule has 6 heteroatoms. The number of nitrogens with one attached hydrogen (secondary N) is 1. The smallest absolute Gasteiger partial charge is 0.224 e. The summed E-state index contributed by atoms with van der Waals surface area (Å²) < 4.78 is 1.05. The number of carbonyl (C=O) groups is 2. The average Bonchev–Trinajstić information content (AvgIpc) is 3.12. The summed E-state index contributed by atoms with van der Waals surface area (Å²) in [6.07, 6.45) is 0.421. The number of amides is 1. The van der Waals surface area contributed by atoms with Crippen LogP contribution in [0.2, 0.25) is 0 Å². The Balaban J connectivity index is 1.59. The van der Waals surface area contributed by atoms with Crippen molar-refractivity contribution < 1.29 is 9.59 Å². The fraction of sp³-hybridized carbons (Fsp3) is 0.188. The fourth-order valence-corrected chi connectivity index (χ4v) is 3.69. The van der Waals surface area contributed by atoms with Crippen LogP contribution in [0.4, 0.5) is 5.69 Å². The molecular weight excluding hydrogens is 316 g/mol. The normalized spacial score (nSPS) is 10.8. The average molecular weight is 330 g/mol. The minimum atomic E-state index is -0.148. The van der Waals surface area contributed by atoms with Crippen molar-refractivity contribution >= 4 is 50.3 Å². The molecule has 1 aromatic carbocycles. The first-order valence-electron chi connectivity index (χ1n) is 6.85. The Morgan fingerprint density at radius 1 is 1.23 bits per heavy atom. The lowest BCUT2D eigenvalue weighted by atomic mass is 10.2. The second kappa shape index (κ2) is 6.37. The van der Waals surface area contributed by atoms with Gasteiger partial charge < -0.3 is 5.32 Å². The number of ketones is 1. The zero-order valence-electron chi connectivity index (χ0n) is 12.0. The highest BCUT2D eigenvalue weighted by Gasteiger charge is 2.11. The summed E-state index contributed by atoms with van der Waals surface area (Å²) in [6.45, 7) is 1.96. The van der Waals surface area contributed by atoms with Gasteiger partial charge in [0.25, 0.3) is 0 Å². The fourth-order valence-electron chi connectivity index (χ4n) is 2.13. The zero-order chi connectivity index (χ0) is 15.5. The predicted octanol–water partition coefficient (Wildman–Crippen LogP) is 4.27. The van der Waals surface area contributed by atoms with Gasteiger partial charge in [0, 0.05) is 18.5 Å². The van der Waals surface area contributed by atoms with Gasteiger partial charge in [-0.25, -0.2) is 4.98 Å². The highest BCUT2D eigenvalue weighted by molar-refractivity contribution is 7.18. The number of nitrogens with zero attached hydrogens (tertiary/aromatic N) is 1. The van der Waals surface area contributed by atoms with Crippen LogP contribution in [0.15, 0.2) is 35.7 Å². The summed E-state index contributed by atoms with van der Waals surface area (Å²) in [5.74, 6) is -0.135. The van der Waals surface area contributed by atoms with Gasteiger partial charge in [0.15, 0.2) is 5.78 Å². The van der Waals surface area contributed by atoms with Crippen molar-refractivity contribution in [3.8, 4) is 0 Å². The van der Waals surface area contributed by atoms with Gasteiger partial charge >= 0.3 is 0 Å². The summed E-state index contributed by atoms with van der Waals surface area (Å²) >= 11 is 3.00. The van der Waals surface area contributed by atoms with Crippen LogP contribution in [0.25, 0.3) is 10.2 Å². The molecule has 0 aliphatic heterocycles. The van der Waals surface area contributed by atoms with Crippen molar-refractivity contribution in [1.29, 1.82) is 0 Å². The molecule has 0 saturated carbocycles. The maximum absolute atomic E-state index is 12.0. The maximum atomic E-state index is 12.0. The van der Waals surface area contributed by atoms with E-state index >= 15 is 0 Å². The summed E-state index contributed by atoms with van der Waals surface area (Å²) in [5.41, 5.74) is 1.68. The van der Waals surface area contributed by atoms with Crippen LogP contribution in [-0.2, 0) is 4.79 Å². The molecule has 0 aliphatic carbocycles. The summed E-state index contributed by atoms with van der Waals surface area (Å²) in [6, 6.07) is 9.26. The molecule has 2 aromatic heterocycles. The van der Waals surface area contributed by atoms with E-state index in [4.69, 9.17) is 0 Å². The molecule has 0 atom stereocenters. The van der Waals surface area contributed by atoms with Gasteiger partial charge in [-0.15, -0.1) is 22.7 Å². The number of thiazole rings is 1. The van der Waals surface area contributed by atoms with Crippen molar-refractivity contribution in [2.45, 2.75) is 19.8 Å². The molecule has 4 nitrogen and oxygen atoms in total. The highest BCUT2D eigenvalue weighted by atomic mass is 32.1. The summed E-state index contributed by atoms with van der Waals surface area (Å²) in [5, 5.41) is 5.70. The van der Waals surface area contributed by atoms with Gasteiger partial charge in [0.05, 0.1) is 20.1 Å². The molecule has 0 saturated heterocycles. The molecule has 3 aromatic rings. The molecule has 1 amide bonds. The van der Waals surface area contributed by atoms with Gasteiger partial charge in [0.2, 0.25) is 5.91 Å². The molecule has 112 valence electrons. The first-order valence-corrected chi connectivity index (χ1v) is 8.55. The van der Waals surface area contributed by atoms with Crippen LogP contribution in [0.1, 0.15) is 27.5 Å². The Kier molecular flexibility index (Phi) is 4.31. The lowest BCUT2D eigenvalue weighted by molar-refractivity contribution is -0.116. The van der Waals surface area contributed by atoms with E-state index < -0.39 is 0 Å². The molecule has 1 N–H and O–H groups in total. The minimum Gasteiger partial charge on any atom is -0.326 e. The van der Waals surface area contributed by atoms with Crippen molar-refractivity contribution in [2.24, 2.45) is 0 Å². The minimum absolute atomic E-state index is 0.0127. The molecular formula is C16H14N2O2S2. The van der Waals surface area contributed by atoms with E-state index in [2.05, 4.69) is 10.3 Å². The van der Waals surface area contributed by atoms with Crippen LogP contribution < -0.4 is 5.32 Å². The number of Topliss-reactive ketones (excluding diaryl/α,β-unsaturated/α-hetero) is 1. The van der Waals surface area contributed by atoms with Crippen molar-refractivity contribution in [3.05, 3.63) is 45.6 Å². The number of hydrogen-bond donors (Lipinski definition) is 1. The number of thiophene rings is 1. The van der Waals surface area contributed by atoms with Crippen LogP contribution >= 0.6 is 22.7 Å². The quantitative estimate of drug-likeness (QED) is 0.711. The maximum Gasteiger partial charge on any atom is 0.224 e. The monoisotopic (exact) mass is 330 g/mol. The van der Waals surface area contributed by atoms with Crippen LogP contribution in [0.3, 0.4) is 0 Å². The Morgan fingerprint density at radius 3 is 2.86 bits per heavy atom. The van der Waals surface area contributed by atoms with Crippen LogP contribution in [0.5, 0.6) is 0 Å². The van der Waals surface area contributed by atoms with E-state index in [1.807, 2.05) is 36.6 Å². The number of hydrogen-bond acceptors (Lipinski definition) is 5. The van der Waals surface area contributed by atoms with Crippen molar-refractivity contribution in [2.75, 3.05) is 5.32 Å². The van der Waals surface area contributed by atoms with Gasteiger partial charge in [-0.1, -0.05) is 6.07 Å². The SMILES string of the molecule is Cc1nc2ccc(NC(=O)CCC(=O)c3cccs3)cc2s1. The third-order valence-corrected chi connectivity index (χ3v) is 5.00. The summed E-state index contributed by atoms with van der Waals surface area (Å²) in [7, 11) is 0. The van der Waals surface area contributed by atoms with Gasteiger partial charge in [-0.3, -0.25) is 9.59 Å². The number of rotatable bonds is 5. The standard InChI is InChI=1S/C16H14N2O2S2/c1-10-17-12-5-4-11(9-15(12)22-10)18-16(20)7-6-13(19)14-3-2-8-21-14/h2-5,8-9H,6-7H2,1H3,(H,18,20). The third-order valence-electron chi connectivity index (χ3n) is 3.15. The van der Waals surface area contributed by atoms with Gasteiger partial charge in [-0.2, -0.15) is 0 Å².